The standard InChI is InChI=1S/C21H21F3N2OS/c22-21(23,24)16-10-8-15(9-11-16)20(27)25-13-12-19(28)26-18-7-3-5-14-4-1-2-6-17(14)18/h1-2,4,6,8-11,18H,3,5,7,12-13H2,(H,25,27)(H,26,28). The third-order valence-electron chi connectivity index (χ3n) is 4.82. The third-order valence-corrected chi connectivity index (χ3v) is 5.14. The zero-order valence-electron chi connectivity index (χ0n) is 15.2. The van der Waals surface area contributed by atoms with E-state index in [1.807, 2.05) is 12.1 Å². The minimum absolute atomic E-state index is 0.183. The van der Waals surface area contributed by atoms with E-state index in [1.54, 1.807) is 0 Å². The summed E-state index contributed by atoms with van der Waals surface area (Å²) in [6, 6.07) is 12.6. The summed E-state index contributed by atoms with van der Waals surface area (Å²) in [6.07, 6.45) is -0.758. The van der Waals surface area contributed by atoms with Gasteiger partial charge in [-0.05, 0) is 54.7 Å². The van der Waals surface area contributed by atoms with Gasteiger partial charge in [0.2, 0.25) is 0 Å². The maximum absolute atomic E-state index is 12.6. The lowest BCUT2D eigenvalue weighted by Gasteiger charge is -2.27. The molecule has 0 saturated carbocycles. The number of aryl methyl sites for hydroxylation is 1. The van der Waals surface area contributed by atoms with Crippen molar-refractivity contribution in [3.05, 3.63) is 70.8 Å². The Labute approximate surface area is 167 Å². The molecule has 1 unspecified atom stereocenters. The fraction of sp³-hybridized carbons (Fsp3) is 0.333. The smallest absolute Gasteiger partial charge is 0.373 e. The zero-order chi connectivity index (χ0) is 20.1. The minimum atomic E-state index is -4.41. The van der Waals surface area contributed by atoms with Crippen LogP contribution < -0.4 is 10.6 Å². The first-order chi connectivity index (χ1) is 13.3. The molecule has 7 heteroatoms. The molecule has 3 rings (SSSR count). The largest absolute Gasteiger partial charge is 0.416 e. The zero-order valence-corrected chi connectivity index (χ0v) is 16.0. The Balaban J connectivity index is 1.47. The number of rotatable bonds is 5. The van der Waals surface area contributed by atoms with Gasteiger partial charge in [0, 0.05) is 18.5 Å². The number of carbonyl (C=O) groups excluding carboxylic acids is 1. The molecular weight excluding hydrogens is 385 g/mol. The van der Waals surface area contributed by atoms with Gasteiger partial charge >= 0.3 is 6.18 Å². The van der Waals surface area contributed by atoms with Crippen molar-refractivity contribution in [2.24, 2.45) is 0 Å². The summed E-state index contributed by atoms with van der Waals surface area (Å²) in [4.78, 5) is 12.7. The highest BCUT2D eigenvalue weighted by molar-refractivity contribution is 7.80. The molecule has 1 aliphatic rings. The van der Waals surface area contributed by atoms with Crippen molar-refractivity contribution in [1.29, 1.82) is 0 Å². The van der Waals surface area contributed by atoms with E-state index in [4.69, 9.17) is 12.2 Å². The topological polar surface area (TPSA) is 41.1 Å². The predicted molar refractivity (Wildman–Crippen MR) is 106 cm³/mol. The van der Waals surface area contributed by atoms with Crippen LogP contribution in [0.4, 0.5) is 13.2 Å². The van der Waals surface area contributed by atoms with Crippen LogP contribution in [0.1, 0.15) is 52.4 Å². The van der Waals surface area contributed by atoms with Crippen molar-refractivity contribution in [2.75, 3.05) is 6.54 Å². The van der Waals surface area contributed by atoms with E-state index in [0.717, 1.165) is 31.4 Å². The lowest BCUT2D eigenvalue weighted by atomic mass is 9.88. The molecule has 28 heavy (non-hydrogen) atoms. The normalized spacial score (nSPS) is 16.2. The number of thiocarbonyl (C=S) groups is 1. The molecule has 0 saturated heterocycles. The van der Waals surface area contributed by atoms with Crippen LogP contribution in [0.5, 0.6) is 0 Å². The van der Waals surface area contributed by atoms with Gasteiger partial charge in [-0.15, -0.1) is 0 Å². The molecule has 148 valence electrons. The number of carbonyl (C=O) groups is 1. The van der Waals surface area contributed by atoms with E-state index in [9.17, 15) is 18.0 Å². The second kappa shape index (κ2) is 8.73. The van der Waals surface area contributed by atoms with Crippen molar-refractivity contribution in [3.8, 4) is 0 Å². The quantitative estimate of drug-likeness (QED) is 0.700. The van der Waals surface area contributed by atoms with E-state index in [0.29, 0.717) is 18.0 Å². The van der Waals surface area contributed by atoms with Crippen LogP contribution in [-0.4, -0.2) is 17.4 Å². The molecule has 2 aromatic rings. The number of fused-ring (bicyclic) bond motifs is 1. The number of benzene rings is 2. The summed E-state index contributed by atoms with van der Waals surface area (Å²) in [6.45, 7) is 0.319. The van der Waals surface area contributed by atoms with Crippen LogP contribution >= 0.6 is 12.2 Å². The Morgan fingerprint density at radius 3 is 2.54 bits per heavy atom. The predicted octanol–water partition coefficient (Wildman–Crippen LogP) is 4.82. The molecule has 3 nitrogen and oxygen atoms in total. The third kappa shape index (κ3) is 5.10. The van der Waals surface area contributed by atoms with Gasteiger partial charge in [0.1, 0.15) is 0 Å². The van der Waals surface area contributed by atoms with Crippen LogP contribution in [0.2, 0.25) is 0 Å². The van der Waals surface area contributed by atoms with Gasteiger partial charge in [0.05, 0.1) is 16.6 Å². The number of hydrogen-bond donors (Lipinski definition) is 2. The van der Waals surface area contributed by atoms with Crippen molar-refractivity contribution < 1.29 is 18.0 Å². The summed E-state index contributed by atoms with van der Waals surface area (Å²) in [7, 11) is 0. The number of halogens is 3. The van der Waals surface area contributed by atoms with Gasteiger partial charge in [-0.25, -0.2) is 0 Å². The molecule has 2 N–H and O–H groups in total. The maximum Gasteiger partial charge on any atom is 0.416 e. The fourth-order valence-electron chi connectivity index (χ4n) is 3.37. The van der Waals surface area contributed by atoms with Gasteiger partial charge in [-0.1, -0.05) is 36.5 Å². The number of alkyl halides is 3. The van der Waals surface area contributed by atoms with Gasteiger partial charge < -0.3 is 10.6 Å². The van der Waals surface area contributed by atoms with Crippen LogP contribution in [-0.2, 0) is 12.6 Å². The SMILES string of the molecule is O=C(NCCC(=S)NC1CCCc2ccccc21)c1ccc(C(F)(F)F)cc1. The Bertz CT molecular complexity index is 849. The van der Waals surface area contributed by atoms with Crippen molar-refractivity contribution >= 4 is 23.1 Å². The highest BCUT2D eigenvalue weighted by Crippen LogP contribution is 2.30. The molecule has 0 fully saturated rings. The molecule has 1 aliphatic carbocycles. The minimum Gasteiger partial charge on any atom is -0.373 e. The summed E-state index contributed by atoms with van der Waals surface area (Å²) in [5.41, 5.74) is 2.02. The summed E-state index contributed by atoms with van der Waals surface area (Å²) in [5.74, 6) is -0.417. The molecule has 0 aromatic heterocycles. The van der Waals surface area contributed by atoms with E-state index in [2.05, 4.69) is 22.8 Å². The molecule has 0 spiro atoms. The van der Waals surface area contributed by atoms with Crippen LogP contribution in [0.25, 0.3) is 0 Å². The van der Waals surface area contributed by atoms with Gasteiger partial charge in [-0.2, -0.15) is 13.2 Å². The van der Waals surface area contributed by atoms with Crippen LogP contribution in [0.3, 0.4) is 0 Å². The molecule has 1 atom stereocenters. The highest BCUT2D eigenvalue weighted by Gasteiger charge is 2.30. The van der Waals surface area contributed by atoms with E-state index < -0.39 is 17.6 Å². The summed E-state index contributed by atoms with van der Waals surface area (Å²) in [5, 5.41) is 6.06. The number of hydrogen-bond acceptors (Lipinski definition) is 2. The average Bonchev–Trinajstić information content (AvgIpc) is 2.67. The highest BCUT2D eigenvalue weighted by atomic mass is 32.1. The molecule has 0 radical (unpaired) electrons. The van der Waals surface area contributed by atoms with Gasteiger partial charge in [0.25, 0.3) is 5.91 Å². The molecule has 0 bridgehead atoms. The Hall–Kier alpha value is -2.41. The molecule has 2 aromatic carbocycles. The second-order valence-corrected chi connectivity index (χ2v) is 7.28. The van der Waals surface area contributed by atoms with Crippen molar-refractivity contribution in [3.63, 3.8) is 0 Å². The van der Waals surface area contributed by atoms with E-state index in [1.165, 1.54) is 23.3 Å². The van der Waals surface area contributed by atoms with Crippen LogP contribution in [0, 0.1) is 0 Å². The maximum atomic E-state index is 12.6. The summed E-state index contributed by atoms with van der Waals surface area (Å²) >= 11 is 5.40. The Morgan fingerprint density at radius 1 is 1.11 bits per heavy atom. The fourth-order valence-corrected chi connectivity index (χ4v) is 3.62. The Kier molecular flexibility index (Phi) is 6.34. The average molecular weight is 406 g/mol. The Morgan fingerprint density at radius 2 is 1.82 bits per heavy atom. The lowest BCUT2D eigenvalue weighted by Crippen LogP contribution is -2.33. The first kappa shape index (κ1) is 20.3. The van der Waals surface area contributed by atoms with Crippen molar-refractivity contribution in [1.82, 2.24) is 10.6 Å². The number of nitrogens with one attached hydrogen (secondary N) is 2. The van der Waals surface area contributed by atoms with Gasteiger partial charge in [0.15, 0.2) is 0 Å². The monoisotopic (exact) mass is 406 g/mol. The van der Waals surface area contributed by atoms with E-state index >= 15 is 0 Å². The first-order valence-corrected chi connectivity index (χ1v) is 9.58. The molecule has 0 aliphatic heterocycles. The molecule has 0 heterocycles. The first-order valence-electron chi connectivity index (χ1n) is 9.17. The second-order valence-electron chi connectivity index (χ2n) is 6.79. The van der Waals surface area contributed by atoms with E-state index in [-0.39, 0.29) is 11.6 Å². The lowest BCUT2D eigenvalue weighted by molar-refractivity contribution is -0.137. The van der Waals surface area contributed by atoms with Crippen LogP contribution in [0.15, 0.2) is 48.5 Å². The molecular formula is C21H21F3N2OS. The van der Waals surface area contributed by atoms with Gasteiger partial charge in [-0.3, -0.25) is 4.79 Å². The number of amides is 1. The van der Waals surface area contributed by atoms with Crippen molar-refractivity contribution in [2.45, 2.75) is 37.9 Å². The molecule has 1 amide bonds. The summed E-state index contributed by atoms with van der Waals surface area (Å²) < 4.78 is 37.7.